The van der Waals surface area contributed by atoms with E-state index in [9.17, 15) is 9.90 Å². The first kappa shape index (κ1) is 20.3. The molecule has 0 spiro atoms. The Kier molecular flexibility index (Phi) is 7.03. The molecule has 1 atom stereocenters. The lowest BCUT2D eigenvalue weighted by Crippen LogP contribution is -2.49. The number of benzene rings is 2. The SMILES string of the molecule is NCC1(C(=O)NCC(O)c2cccc(OCc3ccccc3)c2)CCOCC1. The second-order valence-electron chi connectivity index (χ2n) is 7.17. The molecule has 6 heteroatoms. The standard InChI is InChI=1S/C22H28N2O4/c23-16-22(9-11-27-12-10-22)21(26)24-14-20(25)18-7-4-8-19(13-18)28-15-17-5-2-1-3-6-17/h1-8,13,20,25H,9-12,14-16,23H2,(H,24,26). The van der Waals surface area contributed by atoms with Crippen LogP contribution in [0.25, 0.3) is 0 Å². The molecule has 0 aromatic heterocycles. The number of carbonyl (C=O) groups is 1. The van der Waals surface area contributed by atoms with Gasteiger partial charge in [-0.1, -0.05) is 42.5 Å². The summed E-state index contributed by atoms with van der Waals surface area (Å²) in [6, 6.07) is 17.2. The molecule has 0 saturated carbocycles. The normalized spacial score (nSPS) is 16.9. The highest BCUT2D eigenvalue weighted by atomic mass is 16.5. The van der Waals surface area contributed by atoms with Gasteiger partial charge in [-0.3, -0.25) is 4.79 Å². The van der Waals surface area contributed by atoms with Crippen LogP contribution < -0.4 is 15.8 Å². The first-order valence-corrected chi connectivity index (χ1v) is 9.64. The van der Waals surface area contributed by atoms with E-state index in [1.54, 1.807) is 6.07 Å². The van der Waals surface area contributed by atoms with Gasteiger partial charge in [0.25, 0.3) is 0 Å². The van der Waals surface area contributed by atoms with Crippen LogP contribution in [0.5, 0.6) is 5.75 Å². The number of carbonyl (C=O) groups excluding carboxylic acids is 1. The van der Waals surface area contributed by atoms with Gasteiger partial charge in [0.2, 0.25) is 5.91 Å². The molecule has 3 rings (SSSR count). The molecule has 1 aliphatic rings. The number of hydrogen-bond acceptors (Lipinski definition) is 5. The number of aliphatic hydroxyl groups excluding tert-OH is 1. The average molecular weight is 384 g/mol. The maximum atomic E-state index is 12.6. The summed E-state index contributed by atoms with van der Waals surface area (Å²) in [7, 11) is 0. The molecule has 1 amide bonds. The molecule has 0 bridgehead atoms. The van der Waals surface area contributed by atoms with Crippen LogP contribution in [0.3, 0.4) is 0 Å². The Hall–Kier alpha value is -2.41. The molecule has 1 unspecified atom stereocenters. The van der Waals surface area contributed by atoms with Gasteiger partial charge in [-0.25, -0.2) is 0 Å². The summed E-state index contributed by atoms with van der Waals surface area (Å²) in [5.74, 6) is 0.559. The van der Waals surface area contributed by atoms with Crippen LogP contribution >= 0.6 is 0 Å². The molecular weight excluding hydrogens is 356 g/mol. The summed E-state index contributed by atoms with van der Waals surface area (Å²) in [6.07, 6.45) is 0.390. The Morgan fingerprint density at radius 2 is 1.93 bits per heavy atom. The quantitative estimate of drug-likeness (QED) is 0.649. The van der Waals surface area contributed by atoms with Crippen LogP contribution in [0.15, 0.2) is 54.6 Å². The molecule has 2 aromatic rings. The summed E-state index contributed by atoms with van der Waals surface area (Å²) in [5.41, 5.74) is 7.03. The smallest absolute Gasteiger partial charge is 0.227 e. The molecule has 0 radical (unpaired) electrons. The van der Waals surface area contributed by atoms with Crippen molar-refractivity contribution >= 4 is 5.91 Å². The van der Waals surface area contributed by atoms with Gasteiger partial charge >= 0.3 is 0 Å². The van der Waals surface area contributed by atoms with Crippen LogP contribution in [-0.4, -0.2) is 37.3 Å². The van der Waals surface area contributed by atoms with E-state index < -0.39 is 11.5 Å². The van der Waals surface area contributed by atoms with Gasteiger partial charge < -0.3 is 25.6 Å². The summed E-state index contributed by atoms with van der Waals surface area (Å²) in [6.45, 7) is 1.94. The van der Waals surface area contributed by atoms with Crippen molar-refractivity contribution in [1.82, 2.24) is 5.32 Å². The van der Waals surface area contributed by atoms with Crippen molar-refractivity contribution in [3.63, 3.8) is 0 Å². The third-order valence-corrected chi connectivity index (χ3v) is 5.27. The van der Waals surface area contributed by atoms with Crippen molar-refractivity contribution in [2.24, 2.45) is 11.1 Å². The fourth-order valence-electron chi connectivity index (χ4n) is 3.33. The monoisotopic (exact) mass is 384 g/mol. The van der Waals surface area contributed by atoms with E-state index in [0.29, 0.717) is 44.0 Å². The number of nitrogens with two attached hydrogens (primary N) is 1. The summed E-state index contributed by atoms with van der Waals surface area (Å²) in [5, 5.41) is 13.4. The Morgan fingerprint density at radius 1 is 1.18 bits per heavy atom. The van der Waals surface area contributed by atoms with Crippen molar-refractivity contribution in [3.8, 4) is 5.75 Å². The highest BCUT2D eigenvalue weighted by Gasteiger charge is 2.38. The Bertz CT molecular complexity index is 760. The van der Waals surface area contributed by atoms with Crippen molar-refractivity contribution in [2.75, 3.05) is 26.3 Å². The minimum atomic E-state index is -0.820. The molecule has 6 nitrogen and oxygen atoms in total. The maximum absolute atomic E-state index is 12.6. The van der Waals surface area contributed by atoms with E-state index in [0.717, 1.165) is 5.56 Å². The van der Waals surface area contributed by atoms with Gasteiger partial charge in [0.05, 0.1) is 11.5 Å². The van der Waals surface area contributed by atoms with Gasteiger partial charge in [0.15, 0.2) is 0 Å². The van der Waals surface area contributed by atoms with Gasteiger partial charge in [0, 0.05) is 26.3 Å². The molecule has 4 N–H and O–H groups in total. The summed E-state index contributed by atoms with van der Waals surface area (Å²) < 4.78 is 11.1. The Labute approximate surface area is 165 Å². The van der Waals surface area contributed by atoms with Crippen LogP contribution in [-0.2, 0) is 16.1 Å². The molecule has 2 aromatic carbocycles. The topological polar surface area (TPSA) is 93.8 Å². The zero-order chi connectivity index (χ0) is 19.8. The number of ether oxygens (including phenoxy) is 2. The minimum Gasteiger partial charge on any atom is -0.489 e. The zero-order valence-corrected chi connectivity index (χ0v) is 16.0. The van der Waals surface area contributed by atoms with Crippen LogP contribution in [0, 0.1) is 5.41 Å². The van der Waals surface area contributed by atoms with E-state index in [2.05, 4.69) is 5.32 Å². The third-order valence-electron chi connectivity index (χ3n) is 5.27. The lowest BCUT2D eigenvalue weighted by molar-refractivity contribution is -0.136. The summed E-state index contributed by atoms with van der Waals surface area (Å²) >= 11 is 0. The van der Waals surface area contributed by atoms with E-state index in [1.165, 1.54) is 0 Å². The first-order valence-electron chi connectivity index (χ1n) is 9.64. The molecule has 28 heavy (non-hydrogen) atoms. The molecular formula is C22H28N2O4. The van der Waals surface area contributed by atoms with E-state index in [1.807, 2.05) is 48.5 Å². The van der Waals surface area contributed by atoms with E-state index >= 15 is 0 Å². The molecule has 1 aliphatic heterocycles. The zero-order valence-electron chi connectivity index (χ0n) is 16.0. The maximum Gasteiger partial charge on any atom is 0.227 e. The minimum absolute atomic E-state index is 0.117. The lowest BCUT2D eigenvalue weighted by Gasteiger charge is -2.34. The number of nitrogens with one attached hydrogen (secondary N) is 1. The van der Waals surface area contributed by atoms with Crippen molar-refractivity contribution < 1.29 is 19.4 Å². The number of rotatable bonds is 8. The van der Waals surface area contributed by atoms with Crippen LogP contribution in [0.2, 0.25) is 0 Å². The van der Waals surface area contributed by atoms with Crippen LogP contribution in [0.4, 0.5) is 0 Å². The average Bonchev–Trinajstić information content (AvgIpc) is 2.77. The van der Waals surface area contributed by atoms with Gasteiger partial charge in [0.1, 0.15) is 12.4 Å². The Morgan fingerprint density at radius 3 is 2.64 bits per heavy atom. The van der Waals surface area contributed by atoms with Gasteiger partial charge in [-0.15, -0.1) is 0 Å². The summed E-state index contributed by atoms with van der Waals surface area (Å²) in [4.78, 5) is 12.6. The van der Waals surface area contributed by atoms with Crippen molar-refractivity contribution in [3.05, 3.63) is 65.7 Å². The fraction of sp³-hybridized carbons (Fsp3) is 0.409. The van der Waals surface area contributed by atoms with E-state index in [4.69, 9.17) is 15.2 Å². The molecule has 1 saturated heterocycles. The number of amides is 1. The second-order valence-corrected chi connectivity index (χ2v) is 7.17. The molecule has 0 aliphatic carbocycles. The predicted octanol–water partition coefficient (Wildman–Crippen LogP) is 2.17. The number of aliphatic hydroxyl groups is 1. The molecule has 1 fully saturated rings. The van der Waals surface area contributed by atoms with Crippen LogP contribution in [0.1, 0.15) is 30.1 Å². The lowest BCUT2D eigenvalue weighted by atomic mass is 9.79. The largest absolute Gasteiger partial charge is 0.489 e. The van der Waals surface area contributed by atoms with Crippen molar-refractivity contribution in [2.45, 2.75) is 25.6 Å². The second kappa shape index (κ2) is 9.68. The first-order chi connectivity index (χ1) is 13.6. The third kappa shape index (κ3) is 5.10. The fourth-order valence-corrected chi connectivity index (χ4v) is 3.33. The van der Waals surface area contributed by atoms with Gasteiger partial charge in [-0.05, 0) is 36.1 Å². The Balaban J connectivity index is 1.55. The van der Waals surface area contributed by atoms with E-state index in [-0.39, 0.29) is 19.0 Å². The highest BCUT2D eigenvalue weighted by molar-refractivity contribution is 5.83. The molecule has 1 heterocycles. The molecule has 150 valence electrons. The van der Waals surface area contributed by atoms with Crippen molar-refractivity contribution in [1.29, 1.82) is 0 Å². The van der Waals surface area contributed by atoms with Gasteiger partial charge in [-0.2, -0.15) is 0 Å². The number of hydrogen-bond donors (Lipinski definition) is 3. The predicted molar refractivity (Wildman–Crippen MR) is 107 cm³/mol. The highest BCUT2D eigenvalue weighted by Crippen LogP contribution is 2.29.